The van der Waals surface area contributed by atoms with E-state index in [1.165, 1.54) is 0 Å². The average molecular weight is 217 g/mol. The molecule has 1 N–H and O–H groups in total. The Bertz CT molecular complexity index is 491. The highest BCUT2D eigenvalue weighted by Gasteiger charge is 2.07. The van der Waals surface area contributed by atoms with Gasteiger partial charge in [-0.15, -0.1) is 0 Å². The molecule has 0 aliphatic rings. The first-order valence-corrected chi connectivity index (χ1v) is 5.35. The highest BCUT2D eigenvalue weighted by molar-refractivity contribution is 5.36. The van der Waals surface area contributed by atoms with E-state index in [0.717, 1.165) is 29.2 Å². The number of aliphatic hydroxyl groups is 1. The monoisotopic (exact) mass is 217 g/mol. The molecule has 0 radical (unpaired) electrons. The van der Waals surface area contributed by atoms with E-state index in [0.29, 0.717) is 0 Å². The minimum Gasteiger partial charge on any atom is -0.392 e. The van der Waals surface area contributed by atoms with Crippen LogP contribution in [0.25, 0.3) is 5.82 Å². The Morgan fingerprint density at radius 2 is 2.19 bits per heavy atom. The van der Waals surface area contributed by atoms with Gasteiger partial charge in [-0.25, -0.2) is 9.97 Å². The number of aromatic nitrogens is 3. The van der Waals surface area contributed by atoms with E-state index >= 15 is 0 Å². The number of imidazole rings is 1. The van der Waals surface area contributed by atoms with Crippen LogP contribution in [0.3, 0.4) is 0 Å². The molecule has 2 aromatic heterocycles. The molecule has 84 valence electrons. The molecule has 2 aromatic rings. The van der Waals surface area contributed by atoms with Crippen molar-refractivity contribution in [2.75, 3.05) is 0 Å². The van der Waals surface area contributed by atoms with Gasteiger partial charge in [-0.1, -0.05) is 6.92 Å². The molecule has 0 aromatic carbocycles. The van der Waals surface area contributed by atoms with Crippen LogP contribution in [0.4, 0.5) is 0 Å². The number of rotatable bonds is 3. The third-order valence-electron chi connectivity index (χ3n) is 2.55. The van der Waals surface area contributed by atoms with Gasteiger partial charge in [-0.3, -0.25) is 4.57 Å². The van der Waals surface area contributed by atoms with Crippen molar-refractivity contribution in [1.82, 2.24) is 14.5 Å². The van der Waals surface area contributed by atoms with Crippen molar-refractivity contribution in [2.45, 2.75) is 26.9 Å². The summed E-state index contributed by atoms with van der Waals surface area (Å²) in [4.78, 5) is 8.63. The largest absolute Gasteiger partial charge is 0.392 e. The molecule has 4 nitrogen and oxygen atoms in total. The fourth-order valence-corrected chi connectivity index (χ4v) is 1.75. The Hall–Kier alpha value is -1.68. The van der Waals surface area contributed by atoms with Crippen molar-refractivity contribution in [3.63, 3.8) is 0 Å². The van der Waals surface area contributed by atoms with Crippen LogP contribution in [0.2, 0.25) is 0 Å². The fourth-order valence-electron chi connectivity index (χ4n) is 1.75. The van der Waals surface area contributed by atoms with E-state index in [2.05, 4.69) is 16.9 Å². The summed E-state index contributed by atoms with van der Waals surface area (Å²) < 4.78 is 1.98. The Morgan fingerprint density at radius 3 is 2.81 bits per heavy atom. The highest BCUT2D eigenvalue weighted by atomic mass is 16.3. The second-order valence-electron chi connectivity index (χ2n) is 3.71. The van der Waals surface area contributed by atoms with Crippen molar-refractivity contribution in [3.05, 3.63) is 41.6 Å². The van der Waals surface area contributed by atoms with Crippen molar-refractivity contribution in [2.24, 2.45) is 0 Å². The second-order valence-corrected chi connectivity index (χ2v) is 3.71. The van der Waals surface area contributed by atoms with Crippen LogP contribution in [0, 0.1) is 6.92 Å². The van der Waals surface area contributed by atoms with Gasteiger partial charge in [-0.2, -0.15) is 0 Å². The highest BCUT2D eigenvalue weighted by Crippen LogP contribution is 2.14. The first-order chi connectivity index (χ1) is 7.76. The lowest BCUT2D eigenvalue weighted by Gasteiger charge is -2.09. The standard InChI is InChI=1S/C12H15N3O/c1-3-11-13-4-5-15(11)12-9(2)6-10(8-16)7-14-12/h4-7,16H,3,8H2,1-2H3. The maximum absolute atomic E-state index is 9.03. The number of hydrogen-bond donors (Lipinski definition) is 1. The van der Waals surface area contributed by atoms with Crippen LogP contribution < -0.4 is 0 Å². The minimum atomic E-state index is 0.0265. The Balaban J connectivity index is 2.48. The quantitative estimate of drug-likeness (QED) is 0.850. The Morgan fingerprint density at radius 1 is 1.38 bits per heavy atom. The van der Waals surface area contributed by atoms with Crippen molar-refractivity contribution in [1.29, 1.82) is 0 Å². The van der Waals surface area contributed by atoms with Crippen molar-refractivity contribution in [3.8, 4) is 5.82 Å². The molecule has 0 spiro atoms. The number of hydrogen-bond acceptors (Lipinski definition) is 3. The zero-order valence-corrected chi connectivity index (χ0v) is 9.51. The molecule has 2 rings (SSSR count). The van der Waals surface area contributed by atoms with E-state index in [4.69, 9.17) is 5.11 Å². The molecule has 0 amide bonds. The first-order valence-electron chi connectivity index (χ1n) is 5.35. The number of aryl methyl sites for hydroxylation is 2. The van der Waals surface area contributed by atoms with Crippen LogP contribution in [-0.4, -0.2) is 19.6 Å². The van der Waals surface area contributed by atoms with Gasteiger partial charge in [0.05, 0.1) is 6.61 Å². The van der Waals surface area contributed by atoms with Gasteiger partial charge < -0.3 is 5.11 Å². The van der Waals surface area contributed by atoms with Gasteiger partial charge in [-0.05, 0) is 24.1 Å². The lowest BCUT2D eigenvalue weighted by Crippen LogP contribution is -2.04. The van der Waals surface area contributed by atoms with Crippen LogP contribution in [0.1, 0.15) is 23.9 Å². The average Bonchev–Trinajstić information content (AvgIpc) is 2.76. The zero-order chi connectivity index (χ0) is 11.5. The smallest absolute Gasteiger partial charge is 0.140 e. The van der Waals surface area contributed by atoms with Gasteiger partial charge >= 0.3 is 0 Å². The molecule has 4 heteroatoms. The summed E-state index contributed by atoms with van der Waals surface area (Å²) in [5, 5.41) is 9.03. The third kappa shape index (κ3) is 1.84. The first kappa shape index (κ1) is 10.8. The SMILES string of the molecule is CCc1nccn1-c1ncc(CO)cc1C. The molecule has 0 unspecified atom stereocenters. The molecule has 0 saturated carbocycles. The summed E-state index contributed by atoms with van der Waals surface area (Å²) in [6.45, 7) is 4.08. The molecule has 0 aliphatic heterocycles. The third-order valence-corrected chi connectivity index (χ3v) is 2.55. The molecule has 16 heavy (non-hydrogen) atoms. The molecular weight excluding hydrogens is 202 g/mol. The van der Waals surface area contributed by atoms with Gasteiger partial charge in [0.2, 0.25) is 0 Å². The van der Waals surface area contributed by atoms with E-state index < -0.39 is 0 Å². The van der Waals surface area contributed by atoms with E-state index in [1.807, 2.05) is 23.8 Å². The van der Waals surface area contributed by atoms with Crippen LogP contribution >= 0.6 is 0 Å². The predicted molar refractivity (Wildman–Crippen MR) is 61.4 cm³/mol. The van der Waals surface area contributed by atoms with Gasteiger partial charge in [0.25, 0.3) is 0 Å². The van der Waals surface area contributed by atoms with Crippen LogP contribution in [-0.2, 0) is 13.0 Å². The topological polar surface area (TPSA) is 50.9 Å². The lowest BCUT2D eigenvalue weighted by molar-refractivity contribution is 0.281. The molecule has 0 atom stereocenters. The summed E-state index contributed by atoms with van der Waals surface area (Å²) in [5.74, 6) is 1.87. The maximum Gasteiger partial charge on any atom is 0.140 e. The summed E-state index contributed by atoms with van der Waals surface area (Å²) >= 11 is 0. The molecule has 2 heterocycles. The maximum atomic E-state index is 9.03. The van der Waals surface area contributed by atoms with E-state index in [9.17, 15) is 0 Å². The summed E-state index contributed by atoms with van der Waals surface area (Å²) in [6.07, 6.45) is 6.25. The summed E-state index contributed by atoms with van der Waals surface area (Å²) in [5.41, 5.74) is 1.87. The van der Waals surface area contributed by atoms with Crippen LogP contribution in [0.15, 0.2) is 24.7 Å². The molecule has 0 saturated heterocycles. The normalized spacial score (nSPS) is 10.7. The van der Waals surface area contributed by atoms with Crippen molar-refractivity contribution < 1.29 is 5.11 Å². The molecule has 0 aliphatic carbocycles. The van der Waals surface area contributed by atoms with Crippen LogP contribution in [0.5, 0.6) is 0 Å². The Kier molecular flexibility index (Phi) is 3.01. The molecule has 0 fully saturated rings. The number of aliphatic hydroxyl groups excluding tert-OH is 1. The second kappa shape index (κ2) is 4.45. The molecule has 0 bridgehead atoms. The van der Waals surface area contributed by atoms with Gasteiger partial charge in [0.15, 0.2) is 0 Å². The summed E-state index contributed by atoms with van der Waals surface area (Å²) in [6, 6.07) is 1.95. The zero-order valence-electron chi connectivity index (χ0n) is 9.51. The number of nitrogens with zero attached hydrogens (tertiary/aromatic N) is 3. The number of pyridine rings is 1. The predicted octanol–water partition coefficient (Wildman–Crippen LogP) is 1.63. The summed E-state index contributed by atoms with van der Waals surface area (Å²) in [7, 11) is 0. The van der Waals surface area contributed by atoms with E-state index in [1.54, 1.807) is 12.4 Å². The van der Waals surface area contributed by atoms with E-state index in [-0.39, 0.29) is 6.61 Å². The minimum absolute atomic E-state index is 0.0265. The molecular formula is C12H15N3O. The van der Waals surface area contributed by atoms with Crippen molar-refractivity contribution >= 4 is 0 Å². The fraction of sp³-hybridized carbons (Fsp3) is 0.333. The van der Waals surface area contributed by atoms with Gasteiger partial charge in [0, 0.05) is 25.0 Å². The Labute approximate surface area is 94.6 Å². The van der Waals surface area contributed by atoms with Gasteiger partial charge in [0.1, 0.15) is 11.6 Å². The lowest BCUT2D eigenvalue weighted by atomic mass is 10.2.